The van der Waals surface area contributed by atoms with E-state index in [1.165, 1.54) is 40.7 Å². The molecule has 1 amide bonds. The first-order valence-corrected chi connectivity index (χ1v) is 8.27. The molecule has 2 heterocycles. The molecule has 1 unspecified atom stereocenters. The topological polar surface area (TPSA) is 64.0 Å². The van der Waals surface area contributed by atoms with E-state index in [0.29, 0.717) is 15.4 Å². The van der Waals surface area contributed by atoms with E-state index in [1.54, 1.807) is 6.07 Å². The number of fused-ring (bicyclic) bond motifs is 1. The molecule has 1 aromatic carbocycles. The maximum absolute atomic E-state index is 13.7. The van der Waals surface area contributed by atoms with E-state index in [4.69, 9.17) is 0 Å². The lowest BCUT2D eigenvalue weighted by Crippen LogP contribution is -2.27. The molecule has 22 heavy (non-hydrogen) atoms. The third kappa shape index (κ3) is 3.07. The van der Waals surface area contributed by atoms with Crippen LogP contribution in [0.4, 0.5) is 10.1 Å². The number of rotatable bonds is 3. The quantitative estimate of drug-likeness (QED) is 0.827. The summed E-state index contributed by atoms with van der Waals surface area (Å²) in [6, 6.07) is 5.52. The zero-order valence-electron chi connectivity index (χ0n) is 11.3. The Kier molecular flexibility index (Phi) is 4.30. The summed E-state index contributed by atoms with van der Waals surface area (Å²) in [5, 5.41) is 3.15. The van der Waals surface area contributed by atoms with Crippen LogP contribution >= 0.6 is 27.7 Å². The van der Waals surface area contributed by atoms with Crippen molar-refractivity contribution < 1.29 is 9.18 Å². The van der Waals surface area contributed by atoms with Gasteiger partial charge in [-0.3, -0.25) is 14.2 Å². The van der Waals surface area contributed by atoms with Crippen molar-refractivity contribution in [3.63, 3.8) is 0 Å². The summed E-state index contributed by atoms with van der Waals surface area (Å²) < 4.78 is 15.8. The van der Waals surface area contributed by atoms with Crippen molar-refractivity contribution in [2.45, 2.75) is 17.6 Å². The second kappa shape index (κ2) is 6.21. The minimum absolute atomic E-state index is 0.0983. The van der Waals surface area contributed by atoms with Crippen molar-refractivity contribution in [3.05, 3.63) is 51.1 Å². The van der Waals surface area contributed by atoms with E-state index in [-0.39, 0.29) is 29.6 Å². The third-order valence-electron chi connectivity index (χ3n) is 3.24. The van der Waals surface area contributed by atoms with Gasteiger partial charge in [0, 0.05) is 28.9 Å². The van der Waals surface area contributed by atoms with E-state index in [0.717, 1.165) is 0 Å². The number of carbonyl (C=O) groups is 1. The number of anilines is 1. The minimum Gasteiger partial charge on any atom is -0.324 e. The SMILES string of the molecule is O=C(CC1CSc2nccc(=O)n21)Nc1ccc(Br)cc1F. The lowest BCUT2D eigenvalue weighted by atomic mass is 10.2. The van der Waals surface area contributed by atoms with E-state index >= 15 is 0 Å². The van der Waals surface area contributed by atoms with Crippen molar-refractivity contribution in [1.82, 2.24) is 9.55 Å². The predicted molar refractivity (Wildman–Crippen MR) is 85.6 cm³/mol. The van der Waals surface area contributed by atoms with Gasteiger partial charge in [0.1, 0.15) is 5.82 Å². The Labute approximate surface area is 138 Å². The first-order valence-electron chi connectivity index (χ1n) is 6.50. The molecule has 1 atom stereocenters. The molecule has 114 valence electrons. The molecule has 1 aromatic heterocycles. The monoisotopic (exact) mass is 383 g/mol. The van der Waals surface area contributed by atoms with Gasteiger partial charge in [0.05, 0.1) is 11.7 Å². The Morgan fingerprint density at radius 3 is 3.09 bits per heavy atom. The van der Waals surface area contributed by atoms with Crippen molar-refractivity contribution in [1.29, 1.82) is 0 Å². The van der Waals surface area contributed by atoms with Gasteiger partial charge in [-0.2, -0.15) is 0 Å². The number of nitrogens with one attached hydrogen (secondary N) is 1. The number of hydrogen-bond acceptors (Lipinski definition) is 4. The highest BCUT2D eigenvalue weighted by Gasteiger charge is 2.26. The number of nitrogens with zero attached hydrogens (tertiary/aromatic N) is 2. The van der Waals surface area contributed by atoms with E-state index in [9.17, 15) is 14.0 Å². The molecule has 3 rings (SSSR count). The molecule has 0 saturated carbocycles. The number of halogens is 2. The maximum Gasteiger partial charge on any atom is 0.254 e. The van der Waals surface area contributed by atoms with Crippen molar-refractivity contribution in [3.8, 4) is 0 Å². The zero-order chi connectivity index (χ0) is 15.7. The molecule has 2 aromatic rings. The summed E-state index contributed by atoms with van der Waals surface area (Å²) in [5.41, 5.74) is -0.0553. The Morgan fingerprint density at radius 1 is 1.50 bits per heavy atom. The standard InChI is InChI=1S/C14H11BrFN3O2S/c15-8-1-2-11(10(16)5-8)18-12(20)6-9-7-22-14-17-4-3-13(21)19(9)14/h1-5,9H,6-7H2,(H,18,20). The third-order valence-corrected chi connectivity index (χ3v) is 4.85. The van der Waals surface area contributed by atoms with Gasteiger partial charge in [0.25, 0.3) is 5.56 Å². The van der Waals surface area contributed by atoms with E-state index in [2.05, 4.69) is 26.2 Å². The summed E-state index contributed by atoms with van der Waals surface area (Å²) in [4.78, 5) is 28.1. The summed E-state index contributed by atoms with van der Waals surface area (Å²) in [5.74, 6) is -0.249. The van der Waals surface area contributed by atoms with Gasteiger partial charge in [0.2, 0.25) is 5.91 Å². The normalized spacial score (nSPS) is 16.4. The maximum atomic E-state index is 13.7. The minimum atomic E-state index is -0.511. The molecule has 8 heteroatoms. The fourth-order valence-electron chi connectivity index (χ4n) is 2.25. The molecule has 0 spiro atoms. The van der Waals surface area contributed by atoms with Gasteiger partial charge < -0.3 is 5.32 Å². The van der Waals surface area contributed by atoms with Crippen LogP contribution in [0.1, 0.15) is 12.5 Å². The molecule has 1 aliphatic rings. The van der Waals surface area contributed by atoms with Crippen LogP contribution in [0.2, 0.25) is 0 Å². The van der Waals surface area contributed by atoms with Crippen LogP contribution in [0, 0.1) is 5.82 Å². The molecule has 0 saturated heterocycles. The van der Waals surface area contributed by atoms with Crippen LogP contribution in [0.15, 0.2) is 44.9 Å². The second-order valence-electron chi connectivity index (χ2n) is 4.78. The number of thioether (sulfide) groups is 1. The highest BCUT2D eigenvalue weighted by molar-refractivity contribution is 9.10. The molecule has 1 aliphatic heterocycles. The molecular weight excluding hydrogens is 373 g/mol. The Hall–Kier alpha value is -1.67. The molecule has 5 nitrogen and oxygen atoms in total. The predicted octanol–water partition coefficient (Wildman–Crippen LogP) is 2.82. The van der Waals surface area contributed by atoms with Gasteiger partial charge in [-0.25, -0.2) is 9.37 Å². The lowest BCUT2D eigenvalue weighted by Gasteiger charge is -2.13. The fourth-order valence-corrected chi connectivity index (χ4v) is 3.70. The lowest BCUT2D eigenvalue weighted by molar-refractivity contribution is -0.116. The zero-order valence-corrected chi connectivity index (χ0v) is 13.7. The van der Waals surface area contributed by atoms with Crippen LogP contribution < -0.4 is 10.9 Å². The van der Waals surface area contributed by atoms with E-state index < -0.39 is 5.82 Å². The van der Waals surface area contributed by atoms with Crippen LogP contribution in [-0.4, -0.2) is 21.2 Å². The van der Waals surface area contributed by atoms with Gasteiger partial charge in [0.15, 0.2) is 5.16 Å². The van der Waals surface area contributed by atoms with Gasteiger partial charge in [-0.1, -0.05) is 27.7 Å². The number of amides is 1. The first kappa shape index (κ1) is 15.2. The number of hydrogen-bond donors (Lipinski definition) is 1. The molecule has 1 N–H and O–H groups in total. The summed E-state index contributed by atoms with van der Waals surface area (Å²) in [7, 11) is 0. The molecule has 0 radical (unpaired) electrons. The second-order valence-corrected chi connectivity index (χ2v) is 6.68. The smallest absolute Gasteiger partial charge is 0.254 e. The van der Waals surface area contributed by atoms with Crippen molar-refractivity contribution in [2.75, 3.05) is 11.1 Å². The average molecular weight is 384 g/mol. The van der Waals surface area contributed by atoms with Gasteiger partial charge in [-0.05, 0) is 18.2 Å². The molecule has 0 bridgehead atoms. The van der Waals surface area contributed by atoms with Crippen LogP contribution in [0.5, 0.6) is 0 Å². The van der Waals surface area contributed by atoms with Crippen LogP contribution in [-0.2, 0) is 4.79 Å². The van der Waals surface area contributed by atoms with Gasteiger partial charge in [-0.15, -0.1) is 0 Å². The Bertz CT molecular complexity index is 796. The van der Waals surface area contributed by atoms with Gasteiger partial charge >= 0.3 is 0 Å². The van der Waals surface area contributed by atoms with Crippen LogP contribution in [0.25, 0.3) is 0 Å². The summed E-state index contributed by atoms with van der Waals surface area (Å²) >= 11 is 4.59. The molecule has 0 fully saturated rings. The number of benzene rings is 1. The highest BCUT2D eigenvalue weighted by Crippen LogP contribution is 2.31. The van der Waals surface area contributed by atoms with Crippen molar-refractivity contribution >= 4 is 39.3 Å². The molecule has 0 aliphatic carbocycles. The Morgan fingerprint density at radius 2 is 2.32 bits per heavy atom. The largest absolute Gasteiger partial charge is 0.324 e. The van der Waals surface area contributed by atoms with E-state index in [1.807, 2.05) is 0 Å². The summed E-state index contributed by atoms with van der Waals surface area (Å²) in [6.45, 7) is 0. The number of carbonyl (C=O) groups excluding carboxylic acids is 1. The highest BCUT2D eigenvalue weighted by atomic mass is 79.9. The molecular formula is C14H11BrFN3O2S. The fraction of sp³-hybridized carbons (Fsp3) is 0.214. The van der Waals surface area contributed by atoms with Crippen LogP contribution in [0.3, 0.4) is 0 Å². The first-order chi connectivity index (χ1) is 10.5. The van der Waals surface area contributed by atoms with Crippen molar-refractivity contribution in [2.24, 2.45) is 0 Å². The summed E-state index contributed by atoms with van der Waals surface area (Å²) in [6.07, 6.45) is 1.56. The number of aromatic nitrogens is 2. The Balaban J connectivity index is 1.73. The average Bonchev–Trinajstić information content (AvgIpc) is 2.86.